The number of nitriles is 1. The third kappa shape index (κ3) is 2.14. The minimum absolute atomic E-state index is 0.121. The van der Waals surface area contributed by atoms with Gasteiger partial charge in [0, 0.05) is 6.54 Å². The molecule has 1 aromatic rings. The van der Waals surface area contributed by atoms with Crippen LogP contribution in [0.3, 0.4) is 0 Å². The molecule has 18 heavy (non-hydrogen) atoms. The highest BCUT2D eigenvalue weighted by Gasteiger charge is 2.30. The largest absolute Gasteiger partial charge is 0.495 e. The number of anilines is 1. The van der Waals surface area contributed by atoms with Crippen molar-refractivity contribution in [3.05, 3.63) is 23.8 Å². The van der Waals surface area contributed by atoms with Gasteiger partial charge in [0.15, 0.2) is 0 Å². The first kappa shape index (κ1) is 12.7. The summed E-state index contributed by atoms with van der Waals surface area (Å²) in [4.78, 5) is 0. The van der Waals surface area contributed by atoms with Gasteiger partial charge in [0.1, 0.15) is 17.5 Å². The van der Waals surface area contributed by atoms with Crippen LogP contribution in [0.2, 0.25) is 0 Å². The molecule has 0 amide bonds. The second-order valence-electron chi connectivity index (χ2n) is 4.06. The van der Waals surface area contributed by atoms with Gasteiger partial charge in [0.25, 0.3) is 0 Å². The minimum Gasteiger partial charge on any atom is -0.495 e. The van der Waals surface area contributed by atoms with Gasteiger partial charge in [0.05, 0.1) is 18.4 Å². The molecule has 0 saturated carbocycles. The Bertz CT molecular complexity index is 590. The van der Waals surface area contributed by atoms with Crippen molar-refractivity contribution < 1.29 is 13.2 Å². The van der Waals surface area contributed by atoms with Crippen molar-refractivity contribution in [2.75, 3.05) is 23.7 Å². The van der Waals surface area contributed by atoms with E-state index in [4.69, 9.17) is 10.00 Å². The van der Waals surface area contributed by atoms with Gasteiger partial charge in [-0.2, -0.15) is 5.26 Å². The van der Waals surface area contributed by atoms with Crippen LogP contribution in [0.25, 0.3) is 0 Å². The summed E-state index contributed by atoms with van der Waals surface area (Å²) in [7, 11) is -1.87. The molecule has 1 saturated heterocycles. The van der Waals surface area contributed by atoms with Crippen LogP contribution >= 0.6 is 0 Å². The maximum atomic E-state index is 12.1. The van der Waals surface area contributed by atoms with Gasteiger partial charge in [-0.15, -0.1) is 0 Å². The summed E-state index contributed by atoms with van der Waals surface area (Å²) in [6.07, 6.45) is 1.46. The molecule has 1 heterocycles. The standard InChI is InChI=1S/C12H14N2O3S/c1-17-11-6-4-5-10(9-13)12(11)14-7-2-3-8-18(14,15)16/h4-6H,2-3,7-8H2,1H3. The first-order valence-electron chi connectivity index (χ1n) is 5.67. The fourth-order valence-electron chi connectivity index (χ4n) is 2.07. The zero-order valence-corrected chi connectivity index (χ0v) is 10.9. The molecule has 5 nitrogen and oxygen atoms in total. The summed E-state index contributed by atoms with van der Waals surface area (Å²) < 4.78 is 30.6. The summed E-state index contributed by atoms with van der Waals surface area (Å²) in [6.45, 7) is 0.400. The van der Waals surface area contributed by atoms with Crippen LogP contribution in [0.5, 0.6) is 5.75 Å². The average Bonchev–Trinajstić information content (AvgIpc) is 2.37. The van der Waals surface area contributed by atoms with Crippen LogP contribution in [-0.4, -0.2) is 27.8 Å². The molecule has 1 aliphatic heterocycles. The predicted octanol–water partition coefficient (Wildman–Crippen LogP) is 1.50. The van der Waals surface area contributed by atoms with E-state index in [1.165, 1.54) is 11.4 Å². The van der Waals surface area contributed by atoms with Gasteiger partial charge in [-0.1, -0.05) is 6.07 Å². The van der Waals surface area contributed by atoms with Crippen LogP contribution < -0.4 is 9.04 Å². The Hall–Kier alpha value is -1.74. The molecule has 0 aromatic heterocycles. The van der Waals surface area contributed by atoms with Crippen molar-refractivity contribution in [2.24, 2.45) is 0 Å². The van der Waals surface area contributed by atoms with E-state index in [1.54, 1.807) is 18.2 Å². The number of sulfonamides is 1. The van der Waals surface area contributed by atoms with E-state index in [2.05, 4.69) is 0 Å². The number of rotatable bonds is 2. The van der Waals surface area contributed by atoms with E-state index in [0.29, 0.717) is 30.0 Å². The fourth-order valence-corrected chi connectivity index (χ4v) is 3.74. The number of ether oxygens (including phenoxy) is 1. The molecule has 0 bridgehead atoms. The second-order valence-corrected chi connectivity index (χ2v) is 6.08. The van der Waals surface area contributed by atoms with Gasteiger partial charge in [-0.05, 0) is 25.0 Å². The maximum Gasteiger partial charge on any atom is 0.235 e. The highest BCUT2D eigenvalue weighted by molar-refractivity contribution is 7.92. The number of para-hydroxylation sites is 1. The summed E-state index contributed by atoms with van der Waals surface area (Å²) in [6, 6.07) is 6.96. The van der Waals surface area contributed by atoms with Crippen molar-refractivity contribution >= 4 is 15.7 Å². The quantitative estimate of drug-likeness (QED) is 0.813. The maximum absolute atomic E-state index is 12.1. The van der Waals surface area contributed by atoms with Gasteiger partial charge < -0.3 is 4.74 Å². The number of hydrogen-bond donors (Lipinski definition) is 0. The molecule has 1 aromatic carbocycles. The van der Waals surface area contributed by atoms with Crippen LogP contribution in [0.1, 0.15) is 18.4 Å². The molecular formula is C12H14N2O3S. The SMILES string of the molecule is COc1cccc(C#N)c1N1CCCCS1(=O)=O. The topological polar surface area (TPSA) is 70.4 Å². The number of nitrogens with zero attached hydrogens (tertiary/aromatic N) is 2. The summed E-state index contributed by atoms with van der Waals surface area (Å²) in [5.74, 6) is 0.537. The first-order chi connectivity index (χ1) is 8.60. The molecule has 0 N–H and O–H groups in total. The van der Waals surface area contributed by atoms with E-state index in [-0.39, 0.29) is 5.75 Å². The Labute approximate surface area is 107 Å². The monoisotopic (exact) mass is 266 g/mol. The van der Waals surface area contributed by atoms with Crippen molar-refractivity contribution in [2.45, 2.75) is 12.8 Å². The predicted molar refractivity (Wildman–Crippen MR) is 68.1 cm³/mol. The normalized spacial score (nSPS) is 18.1. The smallest absolute Gasteiger partial charge is 0.235 e. The molecule has 0 radical (unpaired) electrons. The Balaban J connectivity index is 2.59. The van der Waals surface area contributed by atoms with Crippen molar-refractivity contribution in [1.29, 1.82) is 5.26 Å². The molecule has 0 spiro atoms. The van der Waals surface area contributed by atoms with Crippen molar-refractivity contribution in [1.82, 2.24) is 0 Å². The van der Waals surface area contributed by atoms with E-state index < -0.39 is 10.0 Å². The van der Waals surface area contributed by atoms with E-state index in [0.717, 1.165) is 6.42 Å². The zero-order chi connectivity index (χ0) is 13.2. The molecule has 1 aliphatic rings. The molecule has 0 unspecified atom stereocenters. The first-order valence-corrected chi connectivity index (χ1v) is 7.28. The summed E-state index contributed by atoms with van der Waals surface area (Å²) in [5.41, 5.74) is 0.682. The zero-order valence-electron chi connectivity index (χ0n) is 10.1. The Morgan fingerprint density at radius 3 is 2.78 bits per heavy atom. The highest BCUT2D eigenvalue weighted by Crippen LogP contribution is 2.35. The van der Waals surface area contributed by atoms with E-state index in [1.807, 2.05) is 6.07 Å². The minimum atomic E-state index is -3.34. The molecule has 96 valence electrons. The Morgan fingerprint density at radius 1 is 1.39 bits per heavy atom. The molecule has 6 heteroatoms. The summed E-state index contributed by atoms with van der Waals surface area (Å²) in [5, 5.41) is 9.11. The van der Waals surface area contributed by atoms with Crippen molar-refractivity contribution in [3.63, 3.8) is 0 Å². The lowest BCUT2D eigenvalue weighted by molar-refractivity contribution is 0.415. The Kier molecular flexibility index (Phi) is 3.43. The fraction of sp³-hybridized carbons (Fsp3) is 0.417. The lowest BCUT2D eigenvalue weighted by Crippen LogP contribution is -2.38. The van der Waals surface area contributed by atoms with Crippen LogP contribution in [0.4, 0.5) is 5.69 Å². The van der Waals surface area contributed by atoms with Gasteiger partial charge >= 0.3 is 0 Å². The van der Waals surface area contributed by atoms with Crippen LogP contribution in [0, 0.1) is 11.3 Å². The molecule has 0 aliphatic carbocycles. The Morgan fingerprint density at radius 2 is 2.17 bits per heavy atom. The van der Waals surface area contributed by atoms with Gasteiger partial charge in [-0.25, -0.2) is 8.42 Å². The van der Waals surface area contributed by atoms with Crippen LogP contribution in [0.15, 0.2) is 18.2 Å². The molecule has 0 atom stereocenters. The van der Waals surface area contributed by atoms with E-state index >= 15 is 0 Å². The third-order valence-corrected chi connectivity index (χ3v) is 4.78. The number of methoxy groups -OCH3 is 1. The molecule has 2 rings (SSSR count). The van der Waals surface area contributed by atoms with Crippen LogP contribution in [-0.2, 0) is 10.0 Å². The van der Waals surface area contributed by atoms with Gasteiger partial charge in [-0.3, -0.25) is 4.31 Å². The second kappa shape index (κ2) is 4.86. The number of hydrogen-bond acceptors (Lipinski definition) is 4. The van der Waals surface area contributed by atoms with Crippen molar-refractivity contribution in [3.8, 4) is 11.8 Å². The number of benzene rings is 1. The molecule has 1 fully saturated rings. The summed E-state index contributed by atoms with van der Waals surface area (Å²) >= 11 is 0. The lowest BCUT2D eigenvalue weighted by atomic mass is 10.1. The molecular weight excluding hydrogens is 252 g/mol. The average molecular weight is 266 g/mol. The third-order valence-electron chi connectivity index (χ3n) is 2.94. The van der Waals surface area contributed by atoms with E-state index in [9.17, 15) is 8.42 Å². The highest BCUT2D eigenvalue weighted by atomic mass is 32.2. The lowest BCUT2D eigenvalue weighted by Gasteiger charge is -2.29. The van der Waals surface area contributed by atoms with Gasteiger partial charge in [0.2, 0.25) is 10.0 Å².